The van der Waals surface area contributed by atoms with Gasteiger partial charge in [-0.2, -0.15) is 0 Å². The fourth-order valence-corrected chi connectivity index (χ4v) is 3.25. The van der Waals surface area contributed by atoms with E-state index in [1.165, 1.54) is 0 Å². The van der Waals surface area contributed by atoms with E-state index in [-0.39, 0.29) is 31.6 Å². The predicted octanol–water partition coefficient (Wildman–Crippen LogP) is 3.32. The number of aryl methyl sites for hydroxylation is 1. The smallest absolute Gasteiger partial charge is 0.311 e. The lowest BCUT2D eigenvalue weighted by Gasteiger charge is -2.17. The first-order chi connectivity index (χ1) is 14.3. The van der Waals surface area contributed by atoms with Gasteiger partial charge in [0.15, 0.2) is 6.61 Å². The molecule has 0 spiro atoms. The molecule has 7 heteroatoms. The fourth-order valence-electron chi connectivity index (χ4n) is 3.25. The Balaban J connectivity index is 1.52. The summed E-state index contributed by atoms with van der Waals surface area (Å²) < 4.78 is 10.8. The van der Waals surface area contributed by atoms with Crippen molar-refractivity contribution in [2.24, 2.45) is 5.92 Å². The van der Waals surface area contributed by atoms with Gasteiger partial charge in [-0.15, -0.1) is 0 Å². The lowest BCUT2D eigenvalue weighted by Crippen LogP contribution is -2.28. The molecule has 1 unspecified atom stereocenters. The summed E-state index contributed by atoms with van der Waals surface area (Å²) in [4.78, 5) is 38.4. The second-order valence-electron chi connectivity index (χ2n) is 7.54. The molecule has 1 aliphatic heterocycles. The number of carbonyl (C=O) groups excluding carboxylic acids is 3. The average molecular weight is 410 g/mol. The summed E-state index contributed by atoms with van der Waals surface area (Å²) in [5, 5.41) is 2.71. The summed E-state index contributed by atoms with van der Waals surface area (Å²) >= 11 is 0. The van der Waals surface area contributed by atoms with Gasteiger partial charge in [-0.05, 0) is 56.7 Å². The van der Waals surface area contributed by atoms with Crippen LogP contribution in [0, 0.1) is 12.8 Å². The molecule has 0 aliphatic carbocycles. The van der Waals surface area contributed by atoms with E-state index in [1.54, 1.807) is 35.2 Å². The molecule has 0 bridgehead atoms. The Bertz CT molecular complexity index is 923. The Morgan fingerprint density at radius 3 is 2.50 bits per heavy atom. The van der Waals surface area contributed by atoms with Crippen LogP contribution in [-0.4, -0.2) is 37.0 Å². The third-order valence-electron chi connectivity index (χ3n) is 4.74. The molecule has 0 saturated carbocycles. The van der Waals surface area contributed by atoms with Crippen molar-refractivity contribution >= 4 is 29.2 Å². The topological polar surface area (TPSA) is 84.9 Å². The van der Waals surface area contributed by atoms with Crippen molar-refractivity contribution < 1.29 is 23.9 Å². The predicted molar refractivity (Wildman–Crippen MR) is 113 cm³/mol. The molecule has 2 aromatic rings. The van der Waals surface area contributed by atoms with E-state index in [0.717, 1.165) is 11.3 Å². The number of anilines is 2. The summed E-state index contributed by atoms with van der Waals surface area (Å²) in [6, 6.07) is 14.5. The normalized spacial score (nSPS) is 15.9. The molecule has 0 radical (unpaired) electrons. The van der Waals surface area contributed by atoms with E-state index < -0.39 is 17.8 Å². The largest absolute Gasteiger partial charge is 0.491 e. The summed E-state index contributed by atoms with van der Waals surface area (Å²) in [5.41, 5.74) is 2.29. The lowest BCUT2D eigenvalue weighted by atomic mass is 10.1. The van der Waals surface area contributed by atoms with Gasteiger partial charge in [0.25, 0.3) is 5.91 Å². The summed E-state index contributed by atoms with van der Waals surface area (Å²) in [7, 11) is 0. The Morgan fingerprint density at radius 2 is 1.83 bits per heavy atom. The zero-order valence-corrected chi connectivity index (χ0v) is 17.4. The maximum atomic E-state index is 12.4. The summed E-state index contributed by atoms with van der Waals surface area (Å²) in [5.74, 6) is -1.00. The van der Waals surface area contributed by atoms with Crippen molar-refractivity contribution in [2.45, 2.75) is 33.3 Å². The van der Waals surface area contributed by atoms with Crippen molar-refractivity contribution in [3.8, 4) is 5.75 Å². The Kier molecular flexibility index (Phi) is 6.72. The molecule has 1 N–H and O–H groups in total. The Labute approximate surface area is 176 Å². The number of amides is 2. The van der Waals surface area contributed by atoms with Crippen LogP contribution < -0.4 is 15.0 Å². The van der Waals surface area contributed by atoms with Crippen molar-refractivity contribution in [3.05, 3.63) is 54.1 Å². The number of esters is 1. The number of carbonyl (C=O) groups is 3. The van der Waals surface area contributed by atoms with Crippen LogP contribution in [0.4, 0.5) is 11.4 Å². The van der Waals surface area contributed by atoms with Gasteiger partial charge < -0.3 is 19.7 Å². The summed E-state index contributed by atoms with van der Waals surface area (Å²) in [6.45, 7) is 5.59. The van der Waals surface area contributed by atoms with Crippen LogP contribution in [-0.2, 0) is 19.1 Å². The monoisotopic (exact) mass is 410 g/mol. The molecule has 1 heterocycles. The molecule has 1 aliphatic rings. The first-order valence-corrected chi connectivity index (χ1v) is 9.92. The SMILES string of the molecule is Cc1ccccc1NC(=O)COC(=O)C1CC(=O)N(c2ccc(OC(C)C)cc2)C1. The van der Waals surface area contributed by atoms with Gasteiger partial charge in [0.1, 0.15) is 5.75 Å². The standard InChI is InChI=1S/C23H26N2O5/c1-15(2)30-19-10-8-18(9-11-19)25-13-17(12-22(25)27)23(28)29-14-21(26)24-20-7-5-4-6-16(20)3/h4-11,15,17H,12-14H2,1-3H3,(H,24,26). The van der Waals surface area contributed by atoms with E-state index in [2.05, 4.69) is 5.32 Å². The third-order valence-corrected chi connectivity index (χ3v) is 4.74. The van der Waals surface area contributed by atoms with Gasteiger partial charge in [-0.25, -0.2) is 0 Å². The minimum absolute atomic E-state index is 0.0580. The number of benzene rings is 2. The van der Waals surface area contributed by atoms with Crippen LogP contribution in [0.2, 0.25) is 0 Å². The van der Waals surface area contributed by atoms with Gasteiger partial charge in [-0.3, -0.25) is 14.4 Å². The number of nitrogens with one attached hydrogen (secondary N) is 1. The van der Waals surface area contributed by atoms with E-state index in [1.807, 2.05) is 39.0 Å². The number of para-hydroxylation sites is 1. The second-order valence-corrected chi connectivity index (χ2v) is 7.54. The number of ether oxygens (including phenoxy) is 2. The molecule has 30 heavy (non-hydrogen) atoms. The van der Waals surface area contributed by atoms with E-state index in [0.29, 0.717) is 11.4 Å². The lowest BCUT2D eigenvalue weighted by molar-refractivity contribution is -0.151. The Hall–Kier alpha value is -3.35. The maximum absolute atomic E-state index is 12.4. The summed E-state index contributed by atoms with van der Waals surface area (Å²) in [6.07, 6.45) is 0.120. The number of nitrogens with zero attached hydrogens (tertiary/aromatic N) is 1. The molecule has 7 nitrogen and oxygen atoms in total. The molecule has 3 rings (SSSR count). The van der Waals surface area contributed by atoms with Gasteiger partial charge in [0.05, 0.1) is 12.0 Å². The zero-order chi connectivity index (χ0) is 21.7. The molecule has 1 atom stereocenters. The maximum Gasteiger partial charge on any atom is 0.311 e. The zero-order valence-electron chi connectivity index (χ0n) is 17.4. The number of rotatable bonds is 7. The van der Waals surface area contributed by atoms with Crippen LogP contribution in [0.15, 0.2) is 48.5 Å². The van der Waals surface area contributed by atoms with Crippen LogP contribution in [0.25, 0.3) is 0 Å². The third kappa shape index (κ3) is 5.37. The van der Waals surface area contributed by atoms with Gasteiger partial charge in [0, 0.05) is 24.3 Å². The van der Waals surface area contributed by atoms with Crippen molar-refractivity contribution in [1.82, 2.24) is 0 Å². The molecule has 158 valence electrons. The minimum atomic E-state index is -0.602. The van der Waals surface area contributed by atoms with Gasteiger partial charge in [-0.1, -0.05) is 18.2 Å². The van der Waals surface area contributed by atoms with E-state index in [9.17, 15) is 14.4 Å². The molecule has 1 fully saturated rings. The highest BCUT2D eigenvalue weighted by atomic mass is 16.5. The van der Waals surface area contributed by atoms with Gasteiger partial charge >= 0.3 is 5.97 Å². The molecular formula is C23H26N2O5. The van der Waals surface area contributed by atoms with Crippen molar-refractivity contribution in [2.75, 3.05) is 23.4 Å². The first-order valence-electron chi connectivity index (χ1n) is 9.92. The van der Waals surface area contributed by atoms with Crippen LogP contribution in [0.1, 0.15) is 25.8 Å². The fraction of sp³-hybridized carbons (Fsp3) is 0.348. The highest BCUT2D eigenvalue weighted by Gasteiger charge is 2.36. The quantitative estimate of drug-likeness (QED) is 0.708. The Morgan fingerprint density at radius 1 is 1.13 bits per heavy atom. The molecular weight excluding hydrogens is 384 g/mol. The van der Waals surface area contributed by atoms with Crippen LogP contribution in [0.3, 0.4) is 0 Å². The number of hydrogen-bond donors (Lipinski definition) is 1. The van der Waals surface area contributed by atoms with Crippen LogP contribution >= 0.6 is 0 Å². The highest BCUT2D eigenvalue weighted by molar-refractivity contribution is 6.00. The van der Waals surface area contributed by atoms with Crippen LogP contribution in [0.5, 0.6) is 5.75 Å². The average Bonchev–Trinajstić information content (AvgIpc) is 3.10. The molecule has 2 aromatic carbocycles. The van der Waals surface area contributed by atoms with Gasteiger partial charge in [0.2, 0.25) is 5.91 Å². The second kappa shape index (κ2) is 9.43. The van der Waals surface area contributed by atoms with Crippen molar-refractivity contribution in [3.63, 3.8) is 0 Å². The highest BCUT2D eigenvalue weighted by Crippen LogP contribution is 2.27. The van der Waals surface area contributed by atoms with Crippen molar-refractivity contribution in [1.29, 1.82) is 0 Å². The van der Waals surface area contributed by atoms with E-state index in [4.69, 9.17) is 9.47 Å². The first kappa shape index (κ1) is 21.4. The molecule has 2 amide bonds. The number of hydrogen-bond acceptors (Lipinski definition) is 5. The minimum Gasteiger partial charge on any atom is -0.491 e. The molecule has 1 saturated heterocycles. The molecule has 0 aromatic heterocycles. The van der Waals surface area contributed by atoms with E-state index >= 15 is 0 Å².